The van der Waals surface area contributed by atoms with E-state index in [1.54, 1.807) is 62.2 Å². The molecule has 0 fully saturated rings. The quantitative estimate of drug-likeness (QED) is 0.162. The van der Waals surface area contributed by atoms with Gasteiger partial charge >= 0.3 is 5.97 Å². The fourth-order valence-corrected chi connectivity index (χ4v) is 6.55. The lowest BCUT2D eigenvalue weighted by atomic mass is 10.1. The molecule has 2 aromatic carbocycles. The highest BCUT2D eigenvalue weighted by Crippen LogP contribution is 2.24. The third-order valence-corrected chi connectivity index (χ3v) is 8.28. The molecule has 40 heavy (non-hydrogen) atoms. The summed E-state index contributed by atoms with van der Waals surface area (Å²) in [6, 6.07) is 7.12. The normalized spacial score (nSPS) is 12.4. The summed E-state index contributed by atoms with van der Waals surface area (Å²) < 4.78 is 30.1. The molecular weight excluding hydrogens is 534 g/mol. The second-order valence-corrected chi connectivity index (χ2v) is 11.3. The van der Waals surface area contributed by atoms with E-state index >= 15 is 0 Å². The van der Waals surface area contributed by atoms with Crippen LogP contribution in [0.5, 0.6) is 0 Å². The van der Waals surface area contributed by atoms with E-state index in [0.29, 0.717) is 41.1 Å². The zero-order valence-electron chi connectivity index (χ0n) is 22.8. The number of carbonyl (C=O) groups excluding carboxylic acids is 1. The van der Waals surface area contributed by atoms with Gasteiger partial charge in [-0.15, -0.1) is 0 Å². The number of nitrogens with zero attached hydrogens (tertiary/aromatic N) is 3. The fraction of sp³-hybridized carbons (Fsp3) is 0.333. The van der Waals surface area contributed by atoms with Gasteiger partial charge in [0, 0.05) is 37.9 Å². The van der Waals surface area contributed by atoms with E-state index in [9.17, 15) is 23.1 Å². The van der Waals surface area contributed by atoms with E-state index < -0.39 is 34.5 Å². The van der Waals surface area contributed by atoms with Gasteiger partial charge in [0.05, 0.1) is 21.7 Å². The first-order valence-electron chi connectivity index (χ1n) is 12.8. The van der Waals surface area contributed by atoms with Crippen molar-refractivity contribution in [3.63, 3.8) is 0 Å². The standard InChI is InChI=1S/C27H33N7O5S/c1-16-13-17(2)24(18(3)14-16)40(38,39)33-22(26(36)37)15-31-25(35)20-8-5-7-19-21(32-34(4)23(19)20)9-6-10-28-27-29-11-12-30-27/h5,7-8,11-14,22,33H,6,9-10,15H2,1-4H3,(H,31,35)(H,36,37)(H2,28,29,30). The van der Waals surface area contributed by atoms with Crippen LogP contribution in [0, 0.1) is 20.8 Å². The minimum Gasteiger partial charge on any atom is -0.480 e. The number of carbonyl (C=O) groups is 2. The van der Waals surface area contributed by atoms with Crippen LogP contribution in [0.3, 0.4) is 0 Å². The molecule has 12 nitrogen and oxygen atoms in total. The number of H-pyrrole nitrogens is 1. The van der Waals surface area contributed by atoms with Gasteiger partial charge < -0.3 is 20.7 Å². The summed E-state index contributed by atoms with van der Waals surface area (Å²) in [6.07, 6.45) is 4.85. The highest BCUT2D eigenvalue weighted by Gasteiger charge is 2.29. The minimum absolute atomic E-state index is 0.0298. The number of hydrogen-bond donors (Lipinski definition) is 5. The maximum Gasteiger partial charge on any atom is 0.323 e. The maximum atomic E-state index is 13.2. The lowest BCUT2D eigenvalue weighted by Gasteiger charge is -2.18. The molecule has 0 saturated heterocycles. The van der Waals surface area contributed by atoms with Crippen LogP contribution in [-0.4, -0.2) is 64.3 Å². The lowest BCUT2D eigenvalue weighted by Crippen LogP contribution is -2.48. The summed E-state index contributed by atoms with van der Waals surface area (Å²) >= 11 is 0. The van der Waals surface area contributed by atoms with Crippen LogP contribution >= 0.6 is 0 Å². The van der Waals surface area contributed by atoms with Gasteiger partial charge in [-0.1, -0.05) is 29.8 Å². The summed E-state index contributed by atoms with van der Waals surface area (Å²) in [5, 5.41) is 20.9. The number of benzene rings is 2. The molecule has 0 saturated carbocycles. The van der Waals surface area contributed by atoms with Crippen molar-refractivity contribution in [1.29, 1.82) is 0 Å². The number of rotatable bonds is 12. The molecule has 5 N–H and O–H groups in total. The van der Waals surface area contributed by atoms with Gasteiger partial charge in [0.15, 0.2) is 5.95 Å². The Morgan fingerprint density at radius 3 is 2.52 bits per heavy atom. The molecule has 1 amide bonds. The zero-order chi connectivity index (χ0) is 29.0. The van der Waals surface area contributed by atoms with E-state index in [0.717, 1.165) is 23.1 Å². The van der Waals surface area contributed by atoms with E-state index in [2.05, 4.69) is 30.4 Å². The first kappa shape index (κ1) is 28.8. The van der Waals surface area contributed by atoms with E-state index in [-0.39, 0.29) is 4.90 Å². The number of aromatic amines is 1. The van der Waals surface area contributed by atoms with E-state index in [1.165, 1.54) is 0 Å². The van der Waals surface area contributed by atoms with Gasteiger partial charge in [-0.3, -0.25) is 14.3 Å². The number of para-hydroxylation sites is 1. The zero-order valence-corrected chi connectivity index (χ0v) is 23.6. The Labute approximate surface area is 232 Å². The molecule has 0 radical (unpaired) electrons. The minimum atomic E-state index is -4.17. The third kappa shape index (κ3) is 6.32. The average molecular weight is 568 g/mol. The SMILES string of the molecule is Cc1cc(C)c(S(=O)(=O)NC(CNC(=O)c2cccc3c(CCCNc4ncc[nH]4)nn(C)c23)C(=O)O)c(C)c1. The largest absolute Gasteiger partial charge is 0.480 e. The number of carboxylic acid groups (broad SMARTS) is 1. The Kier molecular flexibility index (Phi) is 8.55. The topological polar surface area (TPSA) is 171 Å². The lowest BCUT2D eigenvalue weighted by molar-refractivity contribution is -0.138. The fourth-order valence-electron chi connectivity index (χ4n) is 4.91. The highest BCUT2D eigenvalue weighted by molar-refractivity contribution is 7.89. The molecular formula is C27H33N7O5S. The smallest absolute Gasteiger partial charge is 0.323 e. The van der Waals surface area contributed by atoms with Crippen LogP contribution in [0.1, 0.15) is 39.2 Å². The van der Waals surface area contributed by atoms with Crippen LogP contribution in [0.4, 0.5) is 5.95 Å². The number of sulfonamides is 1. The van der Waals surface area contributed by atoms with Crippen LogP contribution in [0.15, 0.2) is 47.6 Å². The molecule has 4 rings (SSSR count). The monoisotopic (exact) mass is 567 g/mol. The molecule has 0 spiro atoms. The van der Waals surface area contributed by atoms with Gasteiger partial charge in [-0.05, 0) is 50.8 Å². The van der Waals surface area contributed by atoms with Crippen molar-refractivity contribution in [1.82, 2.24) is 29.8 Å². The number of carboxylic acids is 1. The first-order valence-corrected chi connectivity index (χ1v) is 14.2. The summed E-state index contributed by atoms with van der Waals surface area (Å²) in [5.74, 6) is -1.25. The van der Waals surface area contributed by atoms with Crippen LogP contribution in [0.25, 0.3) is 10.9 Å². The van der Waals surface area contributed by atoms with Gasteiger partial charge in [-0.25, -0.2) is 13.4 Å². The summed E-state index contributed by atoms with van der Waals surface area (Å²) in [7, 11) is -2.43. The maximum absolute atomic E-state index is 13.2. The van der Waals surface area contributed by atoms with Crippen LogP contribution < -0.4 is 15.4 Å². The van der Waals surface area contributed by atoms with Gasteiger partial charge in [0.2, 0.25) is 10.0 Å². The van der Waals surface area contributed by atoms with Crippen LogP contribution in [-0.2, 0) is 28.3 Å². The Bertz CT molecular complexity index is 1620. The highest BCUT2D eigenvalue weighted by atomic mass is 32.2. The molecule has 1 atom stereocenters. The van der Waals surface area contributed by atoms with Gasteiger partial charge in [0.1, 0.15) is 6.04 Å². The first-order chi connectivity index (χ1) is 19.0. The summed E-state index contributed by atoms with van der Waals surface area (Å²) in [4.78, 5) is 32.3. The number of aryl methyl sites for hydroxylation is 5. The number of hydrogen-bond acceptors (Lipinski definition) is 7. The Hall–Kier alpha value is -4.23. The van der Waals surface area contributed by atoms with Crippen LogP contribution in [0.2, 0.25) is 0 Å². The number of nitrogens with one attached hydrogen (secondary N) is 4. The summed E-state index contributed by atoms with van der Waals surface area (Å²) in [5.41, 5.74) is 3.65. The molecule has 2 aromatic heterocycles. The molecule has 0 aliphatic carbocycles. The molecule has 13 heteroatoms. The average Bonchev–Trinajstić information content (AvgIpc) is 3.51. The van der Waals surface area contributed by atoms with Crippen molar-refractivity contribution in [3.05, 3.63) is 70.7 Å². The van der Waals surface area contributed by atoms with Gasteiger partial charge in [-0.2, -0.15) is 9.82 Å². The number of anilines is 1. The van der Waals surface area contributed by atoms with E-state index in [4.69, 9.17) is 0 Å². The van der Waals surface area contributed by atoms with Crippen molar-refractivity contribution in [2.24, 2.45) is 7.05 Å². The number of aliphatic carboxylic acids is 1. The van der Waals surface area contributed by atoms with Crippen molar-refractivity contribution < 1.29 is 23.1 Å². The van der Waals surface area contributed by atoms with Crippen molar-refractivity contribution in [2.75, 3.05) is 18.4 Å². The summed E-state index contributed by atoms with van der Waals surface area (Å²) in [6.45, 7) is 5.40. The number of amides is 1. The number of fused-ring (bicyclic) bond motifs is 1. The second-order valence-electron chi connectivity index (χ2n) is 9.69. The molecule has 0 aliphatic heterocycles. The number of imidazole rings is 1. The van der Waals surface area contributed by atoms with Crippen molar-refractivity contribution in [3.8, 4) is 0 Å². The molecule has 4 aromatic rings. The molecule has 1 unspecified atom stereocenters. The molecule has 212 valence electrons. The Morgan fingerprint density at radius 1 is 1.15 bits per heavy atom. The third-order valence-electron chi connectivity index (χ3n) is 6.50. The predicted octanol–water partition coefficient (Wildman–Crippen LogP) is 2.43. The Balaban J connectivity index is 1.46. The van der Waals surface area contributed by atoms with E-state index in [1.807, 2.05) is 13.0 Å². The number of aromatic nitrogens is 4. The molecule has 2 heterocycles. The predicted molar refractivity (Wildman–Crippen MR) is 151 cm³/mol. The molecule has 0 aliphatic rings. The second kappa shape index (κ2) is 11.9. The molecule has 0 bridgehead atoms. The van der Waals surface area contributed by atoms with Crippen molar-refractivity contribution in [2.45, 2.75) is 44.6 Å². The Morgan fingerprint density at radius 2 is 1.88 bits per heavy atom. The van der Waals surface area contributed by atoms with Gasteiger partial charge in [0.25, 0.3) is 5.91 Å². The van der Waals surface area contributed by atoms with Crippen molar-refractivity contribution >= 4 is 38.8 Å².